The third-order valence-corrected chi connectivity index (χ3v) is 1.57. The Bertz CT molecular complexity index is 308. The van der Waals surface area contributed by atoms with Crippen LogP contribution in [0.3, 0.4) is 0 Å². The molecule has 0 aromatic carbocycles. The highest BCUT2D eigenvalue weighted by molar-refractivity contribution is 7.03. The van der Waals surface area contributed by atoms with Crippen LogP contribution in [0.4, 0.5) is 0 Å². The van der Waals surface area contributed by atoms with Crippen molar-refractivity contribution in [3.05, 3.63) is 17.1 Å². The van der Waals surface area contributed by atoms with E-state index in [1.165, 1.54) is 11.5 Å². The second kappa shape index (κ2) is 4.52. The van der Waals surface area contributed by atoms with Gasteiger partial charge in [0.05, 0.1) is 6.61 Å². The zero-order valence-electron chi connectivity index (χ0n) is 6.53. The quantitative estimate of drug-likeness (QED) is 0.480. The van der Waals surface area contributed by atoms with E-state index in [1.807, 2.05) is 0 Å². The maximum Gasteiger partial charge on any atom is 0.384 e. The molecule has 0 aliphatic carbocycles. The van der Waals surface area contributed by atoms with E-state index in [1.54, 1.807) is 18.4 Å². The average Bonchev–Trinajstić information content (AvgIpc) is 2.53. The Kier molecular flexibility index (Phi) is 3.30. The molecule has 1 rings (SSSR count). The predicted molar refractivity (Wildman–Crippen MR) is 45.6 cm³/mol. The summed E-state index contributed by atoms with van der Waals surface area (Å²) in [5.41, 5.74) is 0.605. The van der Waals surface area contributed by atoms with Crippen molar-refractivity contribution in [3.8, 4) is 11.8 Å². The fraction of sp³-hybridized carbons (Fsp3) is 0.250. The number of nitrogens with zero attached hydrogens (tertiary/aromatic N) is 1. The zero-order valence-corrected chi connectivity index (χ0v) is 7.35. The van der Waals surface area contributed by atoms with Gasteiger partial charge in [0.1, 0.15) is 5.69 Å². The van der Waals surface area contributed by atoms with E-state index in [0.717, 1.165) is 0 Å². The van der Waals surface area contributed by atoms with Crippen molar-refractivity contribution in [2.75, 3.05) is 6.61 Å². The standard InChI is InChI=1S/C8H7NO2S/c1-2-11-8(10)4-3-7-5-6-12-9-7/h5-6H,2H2,1H3. The lowest BCUT2D eigenvalue weighted by molar-refractivity contribution is -0.136. The van der Waals surface area contributed by atoms with Gasteiger partial charge in [0.2, 0.25) is 0 Å². The highest BCUT2D eigenvalue weighted by atomic mass is 32.1. The van der Waals surface area contributed by atoms with Gasteiger partial charge in [-0.3, -0.25) is 0 Å². The van der Waals surface area contributed by atoms with Gasteiger partial charge >= 0.3 is 5.97 Å². The summed E-state index contributed by atoms with van der Waals surface area (Å²) in [6.07, 6.45) is 0. The first-order chi connectivity index (χ1) is 5.83. The molecule has 1 aromatic heterocycles. The lowest BCUT2D eigenvalue weighted by Gasteiger charge is -1.89. The number of hydrogen-bond acceptors (Lipinski definition) is 4. The van der Waals surface area contributed by atoms with Crippen molar-refractivity contribution in [2.45, 2.75) is 6.92 Å². The van der Waals surface area contributed by atoms with Crippen LogP contribution in [-0.2, 0) is 9.53 Å². The Labute approximate surface area is 74.5 Å². The van der Waals surface area contributed by atoms with Gasteiger partial charge in [-0.05, 0) is 30.4 Å². The summed E-state index contributed by atoms with van der Waals surface area (Å²) in [4.78, 5) is 10.7. The third-order valence-electron chi connectivity index (χ3n) is 1.01. The topological polar surface area (TPSA) is 39.2 Å². The number of carbonyl (C=O) groups excluding carboxylic acids is 1. The first-order valence-corrected chi connectivity index (χ1v) is 4.25. The van der Waals surface area contributed by atoms with E-state index >= 15 is 0 Å². The molecule has 0 aliphatic rings. The molecule has 0 aliphatic heterocycles. The fourth-order valence-corrected chi connectivity index (χ4v) is 1.03. The molecule has 0 bridgehead atoms. The minimum Gasteiger partial charge on any atom is -0.456 e. The predicted octanol–water partition coefficient (Wildman–Crippen LogP) is 1.06. The Morgan fingerprint density at radius 3 is 3.25 bits per heavy atom. The van der Waals surface area contributed by atoms with Crippen molar-refractivity contribution in [1.82, 2.24) is 4.37 Å². The van der Waals surface area contributed by atoms with Crippen molar-refractivity contribution in [3.63, 3.8) is 0 Å². The van der Waals surface area contributed by atoms with Crippen LogP contribution in [0.5, 0.6) is 0 Å². The molecule has 62 valence electrons. The number of ether oxygens (including phenoxy) is 1. The van der Waals surface area contributed by atoms with Crippen molar-refractivity contribution >= 4 is 17.5 Å². The summed E-state index contributed by atoms with van der Waals surface area (Å²) in [7, 11) is 0. The molecule has 0 atom stereocenters. The number of aromatic nitrogens is 1. The Hall–Kier alpha value is -1.34. The molecule has 3 nitrogen and oxygen atoms in total. The first-order valence-electron chi connectivity index (χ1n) is 3.42. The minimum atomic E-state index is -0.509. The van der Waals surface area contributed by atoms with Gasteiger partial charge in [-0.25, -0.2) is 4.79 Å². The lowest BCUT2D eigenvalue weighted by atomic mass is 10.4. The van der Waals surface area contributed by atoms with E-state index in [9.17, 15) is 4.79 Å². The zero-order chi connectivity index (χ0) is 8.81. The molecule has 0 amide bonds. The van der Waals surface area contributed by atoms with Gasteiger partial charge < -0.3 is 4.74 Å². The average molecular weight is 181 g/mol. The molecule has 0 unspecified atom stereocenters. The van der Waals surface area contributed by atoms with Gasteiger partial charge in [0.25, 0.3) is 0 Å². The molecule has 0 radical (unpaired) electrons. The summed E-state index contributed by atoms with van der Waals surface area (Å²) in [6.45, 7) is 2.09. The molecular weight excluding hydrogens is 174 g/mol. The van der Waals surface area contributed by atoms with Crippen LogP contribution in [-0.4, -0.2) is 16.9 Å². The molecule has 4 heteroatoms. The van der Waals surface area contributed by atoms with Crippen LogP contribution < -0.4 is 0 Å². The monoisotopic (exact) mass is 181 g/mol. The third kappa shape index (κ3) is 2.72. The van der Waals surface area contributed by atoms with Gasteiger partial charge in [-0.2, -0.15) is 4.37 Å². The molecule has 0 fully saturated rings. The number of rotatable bonds is 1. The fourth-order valence-electron chi connectivity index (χ4n) is 0.559. The molecule has 0 spiro atoms. The Morgan fingerprint density at radius 2 is 2.67 bits per heavy atom. The Morgan fingerprint density at radius 1 is 1.83 bits per heavy atom. The van der Waals surface area contributed by atoms with E-state index < -0.39 is 5.97 Å². The number of esters is 1. The van der Waals surface area contributed by atoms with E-state index in [-0.39, 0.29) is 0 Å². The maximum atomic E-state index is 10.7. The number of carbonyl (C=O) groups is 1. The number of hydrogen-bond donors (Lipinski definition) is 0. The van der Waals surface area contributed by atoms with E-state index in [0.29, 0.717) is 12.3 Å². The van der Waals surface area contributed by atoms with Crippen molar-refractivity contribution in [1.29, 1.82) is 0 Å². The van der Waals surface area contributed by atoms with Crippen molar-refractivity contribution < 1.29 is 9.53 Å². The van der Waals surface area contributed by atoms with Gasteiger partial charge in [0.15, 0.2) is 0 Å². The lowest BCUT2D eigenvalue weighted by Crippen LogP contribution is -1.99. The molecule has 12 heavy (non-hydrogen) atoms. The Balaban J connectivity index is 2.54. The SMILES string of the molecule is CCOC(=O)C#Cc1ccsn1. The van der Waals surface area contributed by atoms with Gasteiger partial charge in [0, 0.05) is 11.3 Å². The summed E-state index contributed by atoms with van der Waals surface area (Å²) in [6, 6.07) is 1.75. The summed E-state index contributed by atoms with van der Waals surface area (Å²) >= 11 is 1.30. The van der Waals surface area contributed by atoms with Gasteiger partial charge in [-0.15, -0.1) is 0 Å². The molecular formula is C8H7NO2S. The van der Waals surface area contributed by atoms with Crippen molar-refractivity contribution in [2.24, 2.45) is 0 Å². The van der Waals surface area contributed by atoms with E-state index in [2.05, 4.69) is 21.0 Å². The summed E-state index contributed by atoms with van der Waals surface area (Å²) < 4.78 is 8.51. The second-order valence-electron chi connectivity index (χ2n) is 1.86. The van der Waals surface area contributed by atoms with E-state index in [4.69, 9.17) is 0 Å². The maximum absolute atomic E-state index is 10.7. The normalized spacial score (nSPS) is 8.42. The molecule has 1 aromatic rings. The van der Waals surface area contributed by atoms with Crippen LogP contribution in [0.25, 0.3) is 0 Å². The van der Waals surface area contributed by atoms with Crippen LogP contribution in [0, 0.1) is 11.8 Å². The minimum absolute atomic E-state index is 0.352. The molecule has 1 heterocycles. The molecule has 0 N–H and O–H groups in total. The summed E-state index contributed by atoms with van der Waals surface area (Å²) in [5.74, 6) is 4.39. The van der Waals surface area contributed by atoms with Crippen LogP contribution in [0.15, 0.2) is 11.4 Å². The summed E-state index contributed by atoms with van der Waals surface area (Å²) in [5, 5.41) is 1.80. The largest absolute Gasteiger partial charge is 0.456 e. The van der Waals surface area contributed by atoms with Crippen LogP contribution >= 0.6 is 11.5 Å². The molecule has 0 saturated carbocycles. The highest BCUT2D eigenvalue weighted by Crippen LogP contribution is 1.96. The molecule has 0 saturated heterocycles. The first kappa shape index (κ1) is 8.75. The smallest absolute Gasteiger partial charge is 0.384 e. The second-order valence-corrected chi connectivity index (χ2v) is 2.52. The van der Waals surface area contributed by atoms with Gasteiger partial charge in [-0.1, -0.05) is 0 Å². The van der Waals surface area contributed by atoms with Crippen LogP contribution in [0.2, 0.25) is 0 Å². The highest BCUT2D eigenvalue weighted by Gasteiger charge is 1.93. The van der Waals surface area contributed by atoms with Crippen LogP contribution in [0.1, 0.15) is 12.6 Å².